The predicted octanol–water partition coefficient (Wildman–Crippen LogP) is 6.47. The maximum atomic E-state index is 12.1. The van der Waals surface area contributed by atoms with Gasteiger partial charge in [-0.2, -0.15) is 0 Å². The topological polar surface area (TPSA) is 80.7 Å². The molecule has 0 aliphatic carbocycles. The minimum absolute atomic E-state index is 0.0247. The van der Waals surface area contributed by atoms with Crippen LogP contribution in [0.2, 0.25) is 0 Å². The lowest BCUT2D eigenvalue weighted by Crippen LogP contribution is -2.38. The number of carbonyl (C=O) groups is 1. The van der Waals surface area contributed by atoms with Gasteiger partial charge in [-0.1, -0.05) is 84.2 Å². The molecule has 190 valence electrons. The van der Waals surface area contributed by atoms with E-state index in [1.54, 1.807) is 36.2 Å². The Morgan fingerprint density at radius 2 is 1.83 bits per heavy atom. The zero-order valence-electron chi connectivity index (χ0n) is 19.3. The number of carbonyl (C=O) groups excluding carboxylic acids is 1. The molecule has 0 spiro atoms. The molecule has 1 aliphatic rings. The molecule has 4 atom stereocenters. The number of thioether (sulfide) groups is 1. The number of nitrogens with zero attached hydrogens (tertiary/aromatic N) is 1. The summed E-state index contributed by atoms with van der Waals surface area (Å²) in [5, 5.41) is 12.9. The number of benzene rings is 2. The quantitative estimate of drug-likeness (QED) is 0.252. The van der Waals surface area contributed by atoms with Gasteiger partial charge in [-0.25, -0.2) is 4.98 Å². The van der Waals surface area contributed by atoms with Crippen LogP contribution in [0.1, 0.15) is 36.0 Å². The number of hydrogen-bond donors (Lipinski definition) is 2. The van der Waals surface area contributed by atoms with Crippen molar-refractivity contribution in [1.29, 1.82) is 0 Å². The molecular weight excluding hydrogens is 543 g/mol. The first-order valence-corrected chi connectivity index (χ1v) is 13.4. The summed E-state index contributed by atoms with van der Waals surface area (Å²) >= 11 is 18.7. The van der Waals surface area contributed by atoms with Crippen LogP contribution in [0.4, 0.5) is 5.69 Å². The van der Waals surface area contributed by atoms with E-state index in [-0.39, 0.29) is 24.7 Å². The van der Waals surface area contributed by atoms with Crippen LogP contribution in [-0.4, -0.2) is 31.6 Å². The van der Waals surface area contributed by atoms with Crippen molar-refractivity contribution in [1.82, 2.24) is 4.98 Å². The van der Waals surface area contributed by atoms with Crippen molar-refractivity contribution in [3.05, 3.63) is 89.6 Å². The Bertz CT molecular complexity index is 1160. The summed E-state index contributed by atoms with van der Waals surface area (Å²) in [7, 11) is 0. The van der Waals surface area contributed by atoms with Crippen LogP contribution >= 0.6 is 46.6 Å². The Labute approximate surface area is 229 Å². The van der Waals surface area contributed by atoms with Gasteiger partial charge < -0.3 is 19.9 Å². The van der Waals surface area contributed by atoms with Crippen LogP contribution in [0.5, 0.6) is 0 Å². The summed E-state index contributed by atoms with van der Waals surface area (Å²) in [6.45, 7) is 2.07. The number of rotatable bonds is 7. The van der Waals surface area contributed by atoms with E-state index in [9.17, 15) is 9.90 Å². The van der Waals surface area contributed by atoms with E-state index < -0.39 is 16.0 Å². The smallest absolute Gasteiger partial charge is 0.276 e. The van der Waals surface area contributed by atoms with Gasteiger partial charge in [0.2, 0.25) is 0 Å². The Hall–Kier alpha value is -1.84. The lowest BCUT2D eigenvalue weighted by Gasteiger charge is -2.41. The Kier molecular flexibility index (Phi) is 9.17. The summed E-state index contributed by atoms with van der Waals surface area (Å²) in [6.07, 6.45) is 0.660. The molecule has 0 saturated carbocycles. The lowest BCUT2D eigenvalue weighted by molar-refractivity contribution is -0.268. The van der Waals surface area contributed by atoms with Gasteiger partial charge in [-0.05, 0) is 35.4 Å². The summed E-state index contributed by atoms with van der Waals surface area (Å²) in [5.41, 5.74) is 2.99. The van der Waals surface area contributed by atoms with Crippen molar-refractivity contribution in [3.63, 3.8) is 0 Å². The van der Waals surface area contributed by atoms with Crippen molar-refractivity contribution < 1.29 is 19.4 Å². The fourth-order valence-electron chi connectivity index (χ4n) is 3.87. The van der Waals surface area contributed by atoms with Gasteiger partial charge in [0, 0.05) is 29.1 Å². The first-order valence-electron chi connectivity index (χ1n) is 11.3. The maximum Gasteiger partial charge on any atom is 0.276 e. The zero-order chi connectivity index (χ0) is 25.7. The number of hydrogen-bond acceptors (Lipinski definition) is 6. The van der Waals surface area contributed by atoms with Crippen LogP contribution in [0.15, 0.2) is 78.0 Å². The second-order valence-corrected chi connectivity index (χ2v) is 11.7. The van der Waals surface area contributed by atoms with Gasteiger partial charge in [0.05, 0.1) is 23.8 Å². The Balaban J connectivity index is 1.59. The van der Waals surface area contributed by atoms with Gasteiger partial charge in [0.15, 0.2) is 6.29 Å². The highest BCUT2D eigenvalue weighted by Gasteiger charge is 2.38. The predicted molar refractivity (Wildman–Crippen MR) is 143 cm³/mol. The molecule has 1 aromatic heterocycles. The molecule has 2 N–H and O–H groups in total. The van der Waals surface area contributed by atoms with Gasteiger partial charge in [-0.3, -0.25) is 4.79 Å². The van der Waals surface area contributed by atoms with Crippen molar-refractivity contribution >= 4 is 58.2 Å². The third-order valence-electron chi connectivity index (χ3n) is 5.83. The fourth-order valence-corrected chi connectivity index (χ4v) is 5.04. The molecule has 1 fully saturated rings. The second kappa shape index (κ2) is 12.1. The highest BCUT2D eigenvalue weighted by atomic mass is 35.6. The summed E-state index contributed by atoms with van der Waals surface area (Å²) in [6, 6.07) is 20.6. The molecule has 2 heterocycles. The first kappa shape index (κ1) is 27.2. The van der Waals surface area contributed by atoms with E-state index in [4.69, 9.17) is 44.3 Å². The third-order valence-corrected chi connectivity index (χ3v) is 7.38. The number of pyridine rings is 1. The van der Waals surface area contributed by atoms with Crippen LogP contribution < -0.4 is 5.32 Å². The number of halogens is 3. The van der Waals surface area contributed by atoms with Gasteiger partial charge in [0.25, 0.3) is 9.70 Å². The van der Waals surface area contributed by atoms with E-state index in [1.807, 2.05) is 48.5 Å². The number of aliphatic hydroxyl groups excluding tert-OH is 1. The molecule has 1 aliphatic heterocycles. The Morgan fingerprint density at radius 1 is 1.06 bits per heavy atom. The highest BCUT2D eigenvalue weighted by molar-refractivity contribution is 7.99. The van der Waals surface area contributed by atoms with Crippen LogP contribution in [0.3, 0.4) is 0 Å². The van der Waals surface area contributed by atoms with Crippen molar-refractivity contribution in [2.24, 2.45) is 5.92 Å². The van der Waals surface area contributed by atoms with E-state index in [0.29, 0.717) is 17.0 Å². The summed E-state index contributed by atoms with van der Waals surface area (Å²) < 4.78 is 10.8. The average molecular weight is 568 g/mol. The van der Waals surface area contributed by atoms with Crippen molar-refractivity contribution in [2.75, 3.05) is 11.1 Å². The van der Waals surface area contributed by atoms with Crippen LogP contribution in [0, 0.1) is 5.92 Å². The maximum absolute atomic E-state index is 12.1. The molecule has 4 rings (SSSR count). The molecule has 2 aromatic carbocycles. The summed E-state index contributed by atoms with van der Waals surface area (Å²) in [4.78, 5) is 16.5. The largest absolute Gasteiger partial charge is 0.392 e. The van der Waals surface area contributed by atoms with Crippen LogP contribution in [0.25, 0.3) is 0 Å². The number of alkyl halides is 3. The van der Waals surface area contributed by atoms with E-state index in [2.05, 4.69) is 17.2 Å². The minimum atomic E-state index is -2.08. The molecule has 3 aromatic rings. The molecule has 1 amide bonds. The molecular formula is C26H25Cl3N2O4S. The number of aromatic nitrogens is 1. The molecule has 0 unspecified atom stereocenters. The first-order chi connectivity index (χ1) is 17.2. The third kappa shape index (κ3) is 6.92. The molecule has 36 heavy (non-hydrogen) atoms. The number of anilines is 1. The average Bonchev–Trinajstić information content (AvgIpc) is 2.88. The highest BCUT2D eigenvalue weighted by Crippen LogP contribution is 2.43. The molecule has 0 radical (unpaired) electrons. The number of ether oxygens (including phenoxy) is 2. The molecule has 10 heteroatoms. The Morgan fingerprint density at radius 3 is 2.50 bits per heavy atom. The van der Waals surface area contributed by atoms with Crippen molar-refractivity contribution in [2.45, 2.75) is 40.8 Å². The molecule has 6 nitrogen and oxygen atoms in total. The van der Waals surface area contributed by atoms with E-state index in [0.717, 1.165) is 16.2 Å². The van der Waals surface area contributed by atoms with E-state index >= 15 is 0 Å². The van der Waals surface area contributed by atoms with Gasteiger partial charge >= 0.3 is 0 Å². The van der Waals surface area contributed by atoms with Crippen LogP contribution in [-0.2, 0) is 20.9 Å². The number of amides is 1. The molecule has 0 bridgehead atoms. The normalized spacial score (nSPS) is 22.2. The summed E-state index contributed by atoms with van der Waals surface area (Å²) in [5.74, 6) is -0.0487. The molecule has 1 saturated heterocycles. The second-order valence-electron chi connectivity index (χ2n) is 8.38. The van der Waals surface area contributed by atoms with Crippen molar-refractivity contribution in [3.8, 4) is 0 Å². The van der Waals surface area contributed by atoms with Gasteiger partial charge in [-0.15, -0.1) is 11.8 Å². The number of nitrogens with one attached hydrogen (secondary N) is 1. The zero-order valence-corrected chi connectivity index (χ0v) is 22.4. The number of aliphatic hydroxyl groups is 1. The lowest BCUT2D eigenvalue weighted by atomic mass is 9.91. The van der Waals surface area contributed by atoms with Gasteiger partial charge in [0.1, 0.15) is 0 Å². The SMILES string of the molecule is C[C@H]1[C@@H](CSc2ccccn2)O[C@@H](c2cccc(NC(=O)C(Cl)(Cl)Cl)c2)O[C@H]1c1ccc(CO)cc1. The standard InChI is InChI=1S/C26H25Cl3N2O4S/c1-16-21(15-36-22-7-2-3-12-30-22)34-24(35-23(16)18-10-8-17(14-32)9-11-18)19-5-4-6-20(13-19)31-25(33)26(27,28)29/h2-13,16,21,23-24,32H,14-15H2,1H3,(H,31,33)/t16-,21+,23+,24+/m0/s1. The van der Waals surface area contributed by atoms with E-state index in [1.165, 1.54) is 0 Å². The fraction of sp³-hybridized carbons (Fsp3) is 0.308. The monoisotopic (exact) mass is 566 g/mol. The minimum Gasteiger partial charge on any atom is -0.392 e.